The predicted molar refractivity (Wildman–Crippen MR) is 122 cm³/mol. The Morgan fingerprint density at radius 1 is 1.26 bits per heavy atom. The molecule has 3 rings (SSSR count). The highest BCUT2D eigenvalue weighted by Gasteiger charge is 2.61. The molecule has 0 saturated heterocycles. The summed E-state index contributed by atoms with van der Waals surface area (Å²) in [6.07, 6.45) is -1.39. The molecule has 0 aliphatic carbocycles. The molecule has 13 nitrogen and oxygen atoms in total. The molecule has 35 heavy (non-hydrogen) atoms. The largest absolute Gasteiger partial charge is 0.404 e. The Kier molecular flexibility index (Phi) is 7.74. The Hall–Kier alpha value is -2.74. The third kappa shape index (κ3) is 5.74. The average Bonchev–Trinajstić information content (AvgIpc) is 3.32. The van der Waals surface area contributed by atoms with Crippen molar-refractivity contribution in [2.45, 2.75) is 65.2 Å². The molecule has 1 atom stereocenters. The highest BCUT2D eigenvalue weighted by molar-refractivity contribution is 7.55. The minimum absolute atomic E-state index is 0.00963. The van der Waals surface area contributed by atoms with Gasteiger partial charge in [-0.05, 0) is 27.7 Å². The van der Waals surface area contributed by atoms with Crippen LogP contribution in [0, 0.1) is 0 Å². The van der Waals surface area contributed by atoms with Gasteiger partial charge in [0.2, 0.25) is 18.0 Å². The number of nitrogens with zero attached hydrogens (tertiary/aromatic N) is 7. The van der Waals surface area contributed by atoms with Gasteiger partial charge in [0, 0.05) is 6.92 Å². The summed E-state index contributed by atoms with van der Waals surface area (Å²) >= 11 is 6.02. The van der Waals surface area contributed by atoms with Crippen LogP contribution in [0.15, 0.2) is 12.5 Å². The lowest BCUT2D eigenvalue weighted by Gasteiger charge is -2.34. The smallest absolute Gasteiger partial charge is 0.368 e. The highest BCUT2D eigenvalue weighted by Crippen LogP contribution is 2.66. The topological polar surface area (TPSA) is 165 Å². The molecule has 192 valence electrons. The van der Waals surface area contributed by atoms with Crippen LogP contribution >= 0.6 is 19.2 Å². The fraction of sp³-hybridized carbons (Fsp3) is 0.556. The van der Waals surface area contributed by atoms with E-state index in [4.69, 9.17) is 26.4 Å². The SMILES string of the molecule is CC(=O)NC(n1cc(Cn2cnc3c(Cl)nc(N)nc32)nn1)C(F)(F)P(=O)(OC(C)C)OC(C)C. The van der Waals surface area contributed by atoms with Gasteiger partial charge in [0.1, 0.15) is 11.2 Å². The molecule has 3 aromatic rings. The van der Waals surface area contributed by atoms with Crippen molar-refractivity contribution < 1.29 is 27.2 Å². The number of carbonyl (C=O) groups excluding carboxylic acids is 1. The molecular formula is C18H25ClF2N9O4P. The zero-order valence-electron chi connectivity index (χ0n) is 19.5. The number of amides is 1. The number of nitrogens with one attached hydrogen (secondary N) is 1. The van der Waals surface area contributed by atoms with E-state index in [2.05, 4.69) is 30.6 Å². The summed E-state index contributed by atoms with van der Waals surface area (Å²) in [7, 11) is -5.10. The monoisotopic (exact) mass is 535 g/mol. The predicted octanol–water partition coefficient (Wildman–Crippen LogP) is 2.97. The van der Waals surface area contributed by atoms with Crippen molar-refractivity contribution in [1.82, 2.24) is 39.8 Å². The van der Waals surface area contributed by atoms with E-state index in [1.54, 1.807) is 0 Å². The maximum absolute atomic E-state index is 15.7. The normalized spacial score (nSPS) is 13.7. The summed E-state index contributed by atoms with van der Waals surface area (Å²) in [6, 6.07) is 0. The number of rotatable bonds is 10. The van der Waals surface area contributed by atoms with Crippen LogP contribution in [0.5, 0.6) is 0 Å². The number of hydrogen-bond acceptors (Lipinski definition) is 10. The van der Waals surface area contributed by atoms with Gasteiger partial charge in [-0.1, -0.05) is 16.8 Å². The molecule has 0 aliphatic rings. The number of halogens is 3. The molecular weight excluding hydrogens is 511 g/mol. The van der Waals surface area contributed by atoms with Crippen LogP contribution in [0.25, 0.3) is 11.2 Å². The van der Waals surface area contributed by atoms with Crippen molar-refractivity contribution in [1.29, 1.82) is 0 Å². The van der Waals surface area contributed by atoms with Gasteiger partial charge in [-0.15, -0.1) is 5.10 Å². The Morgan fingerprint density at radius 2 is 1.89 bits per heavy atom. The molecule has 1 unspecified atom stereocenters. The first-order chi connectivity index (χ1) is 16.2. The number of hydrogen-bond donors (Lipinski definition) is 2. The molecule has 0 spiro atoms. The van der Waals surface area contributed by atoms with Crippen molar-refractivity contribution in [3.8, 4) is 0 Å². The number of aromatic nitrogens is 7. The molecule has 1 amide bonds. The van der Waals surface area contributed by atoms with Crippen LogP contribution in [-0.2, 0) is 25.0 Å². The minimum atomic E-state index is -5.10. The van der Waals surface area contributed by atoms with E-state index in [-0.39, 0.29) is 28.9 Å². The number of imidazole rings is 1. The molecule has 0 fully saturated rings. The third-order valence-corrected chi connectivity index (χ3v) is 6.96. The summed E-state index contributed by atoms with van der Waals surface area (Å²) in [6.45, 7) is 6.77. The summed E-state index contributed by atoms with van der Waals surface area (Å²) in [5, 5.41) is 9.73. The van der Waals surface area contributed by atoms with E-state index in [1.807, 2.05) is 0 Å². The maximum atomic E-state index is 15.7. The molecule has 0 aliphatic heterocycles. The Labute approximate surface area is 203 Å². The van der Waals surface area contributed by atoms with Gasteiger partial charge in [-0.25, -0.2) is 9.67 Å². The van der Waals surface area contributed by atoms with Gasteiger partial charge >= 0.3 is 13.3 Å². The van der Waals surface area contributed by atoms with E-state index >= 15 is 8.78 Å². The van der Waals surface area contributed by atoms with Crippen LogP contribution < -0.4 is 11.1 Å². The van der Waals surface area contributed by atoms with Gasteiger partial charge in [0.25, 0.3) is 0 Å². The van der Waals surface area contributed by atoms with E-state index in [0.717, 1.165) is 13.1 Å². The zero-order valence-corrected chi connectivity index (χ0v) is 21.2. The molecule has 0 saturated carbocycles. The second-order valence-corrected chi connectivity index (χ2v) is 10.5. The summed E-state index contributed by atoms with van der Waals surface area (Å²) < 4.78 is 57.0. The van der Waals surface area contributed by atoms with Gasteiger partial charge in [0.05, 0.1) is 31.3 Å². The van der Waals surface area contributed by atoms with Gasteiger partial charge in [-0.2, -0.15) is 18.7 Å². The molecule has 0 aromatic carbocycles. The number of fused-ring (bicyclic) bond motifs is 1. The number of alkyl halides is 2. The molecule has 0 bridgehead atoms. The molecule has 3 N–H and O–H groups in total. The first kappa shape index (κ1) is 26.9. The van der Waals surface area contributed by atoms with Crippen LogP contribution in [0.1, 0.15) is 46.5 Å². The van der Waals surface area contributed by atoms with E-state index < -0.39 is 37.5 Å². The molecule has 3 heterocycles. The Bertz CT molecular complexity index is 1250. The van der Waals surface area contributed by atoms with Crippen molar-refractivity contribution >= 4 is 42.2 Å². The van der Waals surface area contributed by atoms with Crippen LogP contribution in [0.3, 0.4) is 0 Å². The standard InChI is InChI=1S/C18H25ClF2N9O4P/c1-9(2)33-35(32,34-10(3)4)18(20,21)16(24-11(5)31)30-7-12(27-28-30)6-29-8-23-13-14(19)25-17(22)26-15(13)29/h7-10,16H,6H2,1-5H3,(H,24,31)(H2,22,25,26). The van der Waals surface area contributed by atoms with Crippen LogP contribution in [-0.4, -0.2) is 58.3 Å². The second kappa shape index (κ2) is 10.1. The molecule has 0 radical (unpaired) electrons. The quantitative estimate of drug-likeness (QED) is 0.291. The first-order valence-electron chi connectivity index (χ1n) is 10.4. The van der Waals surface area contributed by atoms with E-state index in [0.29, 0.717) is 10.3 Å². The second-order valence-electron chi connectivity index (χ2n) is 8.10. The van der Waals surface area contributed by atoms with Gasteiger partial charge in [-0.3, -0.25) is 9.36 Å². The Morgan fingerprint density at radius 3 is 2.46 bits per heavy atom. The highest BCUT2D eigenvalue weighted by atomic mass is 35.5. The lowest BCUT2D eigenvalue weighted by Crippen LogP contribution is -2.44. The summed E-state index contributed by atoms with van der Waals surface area (Å²) in [5.74, 6) is -0.904. The van der Waals surface area contributed by atoms with Crippen LogP contribution in [0.2, 0.25) is 5.15 Å². The Balaban J connectivity index is 1.98. The lowest BCUT2D eigenvalue weighted by molar-refractivity contribution is -0.124. The maximum Gasteiger partial charge on any atom is 0.404 e. The fourth-order valence-corrected chi connectivity index (χ4v) is 5.25. The van der Waals surface area contributed by atoms with Crippen LogP contribution in [0.4, 0.5) is 14.7 Å². The number of nitrogen functional groups attached to an aromatic ring is 1. The fourth-order valence-electron chi connectivity index (χ4n) is 3.10. The molecule has 17 heteroatoms. The average molecular weight is 536 g/mol. The van der Waals surface area contributed by atoms with Gasteiger partial charge in [0.15, 0.2) is 10.8 Å². The summed E-state index contributed by atoms with van der Waals surface area (Å²) in [5.41, 5.74) is 2.19. The lowest BCUT2D eigenvalue weighted by atomic mass is 10.4. The van der Waals surface area contributed by atoms with Crippen molar-refractivity contribution in [3.05, 3.63) is 23.4 Å². The van der Waals surface area contributed by atoms with Crippen molar-refractivity contribution in [3.63, 3.8) is 0 Å². The number of anilines is 1. The van der Waals surface area contributed by atoms with E-state index in [1.165, 1.54) is 38.6 Å². The van der Waals surface area contributed by atoms with Gasteiger partial charge < -0.3 is 24.7 Å². The minimum Gasteiger partial charge on any atom is -0.368 e. The van der Waals surface area contributed by atoms with Crippen molar-refractivity contribution in [2.24, 2.45) is 0 Å². The summed E-state index contributed by atoms with van der Waals surface area (Å²) in [4.78, 5) is 23.8. The van der Waals surface area contributed by atoms with E-state index in [9.17, 15) is 9.36 Å². The van der Waals surface area contributed by atoms with Crippen molar-refractivity contribution in [2.75, 3.05) is 5.73 Å². The first-order valence-corrected chi connectivity index (χ1v) is 12.3. The number of carbonyl (C=O) groups is 1. The molecule has 3 aromatic heterocycles. The zero-order chi connectivity index (χ0) is 26.1. The third-order valence-electron chi connectivity index (χ3n) is 4.33. The number of nitrogens with two attached hydrogens (primary N) is 1.